The van der Waals surface area contributed by atoms with Gasteiger partial charge in [-0.05, 0) is 59.3 Å². The van der Waals surface area contributed by atoms with E-state index in [2.05, 4.69) is 38.8 Å². The fraction of sp³-hybridized carbons (Fsp3) is 0.471. The molecule has 1 fully saturated rings. The largest absolute Gasteiger partial charge is 0.302 e. The summed E-state index contributed by atoms with van der Waals surface area (Å²) in [6.45, 7) is 0. The molecule has 0 atom stereocenters. The van der Waals surface area contributed by atoms with E-state index in [0.29, 0.717) is 17.9 Å². The van der Waals surface area contributed by atoms with Gasteiger partial charge in [0.25, 0.3) is 5.91 Å². The molecule has 130 valence electrons. The van der Waals surface area contributed by atoms with E-state index in [4.69, 9.17) is 12.2 Å². The Morgan fingerprint density at radius 2 is 1.83 bits per heavy atom. The van der Waals surface area contributed by atoms with Crippen LogP contribution in [0.25, 0.3) is 0 Å². The number of amides is 2. The minimum Gasteiger partial charge on any atom is -0.302 e. The first kappa shape index (κ1) is 19.1. The topological polar surface area (TPSA) is 70.2 Å². The maximum atomic E-state index is 12.0. The number of benzene rings is 1. The van der Waals surface area contributed by atoms with Crippen molar-refractivity contribution in [3.05, 3.63) is 33.4 Å². The lowest BCUT2D eigenvalue weighted by molar-refractivity contribution is -0.120. The molecule has 0 aliphatic heterocycles. The van der Waals surface area contributed by atoms with Crippen LogP contribution in [0.1, 0.15) is 55.3 Å². The van der Waals surface area contributed by atoms with Crippen LogP contribution in [0.4, 0.5) is 0 Å². The van der Waals surface area contributed by atoms with E-state index < -0.39 is 0 Å². The zero-order valence-electron chi connectivity index (χ0n) is 13.4. The first-order valence-corrected chi connectivity index (χ1v) is 9.69. The van der Waals surface area contributed by atoms with Gasteiger partial charge >= 0.3 is 0 Å². The number of hydrazine groups is 1. The van der Waals surface area contributed by atoms with Gasteiger partial charge in [-0.25, -0.2) is 0 Å². The molecule has 7 heteroatoms. The lowest BCUT2D eigenvalue weighted by Gasteiger charge is -2.21. The van der Waals surface area contributed by atoms with Crippen LogP contribution >= 0.6 is 34.8 Å². The molecule has 0 heterocycles. The number of halogens is 1. The lowest BCUT2D eigenvalue weighted by Crippen LogP contribution is -2.48. The van der Waals surface area contributed by atoms with E-state index in [9.17, 15) is 9.59 Å². The van der Waals surface area contributed by atoms with Gasteiger partial charge in [0.2, 0.25) is 5.91 Å². The van der Waals surface area contributed by atoms with Gasteiger partial charge in [-0.3, -0.25) is 20.4 Å². The first-order chi connectivity index (χ1) is 11.6. The van der Waals surface area contributed by atoms with Gasteiger partial charge in [0, 0.05) is 9.99 Å². The van der Waals surface area contributed by atoms with Gasteiger partial charge in [0.1, 0.15) is 0 Å². The predicted octanol–water partition coefficient (Wildman–Crippen LogP) is 3.29. The molecule has 3 N–H and O–H groups in total. The van der Waals surface area contributed by atoms with Crippen LogP contribution in [0, 0.1) is 9.49 Å². The molecular weight excluding hydrogens is 437 g/mol. The van der Waals surface area contributed by atoms with Crippen molar-refractivity contribution in [1.82, 2.24) is 16.2 Å². The van der Waals surface area contributed by atoms with Crippen LogP contribution in [0.15, 0.2) is 24.3 Å². The number of carbonyl (C=O) groups is 2. The first-order valence-electron chi connectivity index (χ1n) is 8.21. The molecule has 1 aromatic rings. The van der Waals surface area contributed by atoms with E-state index in [-0.39, 0.29) is 16.9 Å². The number of hydrogen-bond acceptors (Lipinski definition) is 3. The van der Waals surface area contributed by atoms with Gasteiger partial charge in [-0.2, -0.15) is 0 Å². The van der Waals surface area contributed by atoms with Crippen LogP contribution < -0.4 is 16.2 Å². The van der Waals surface area contributed by atoms with E-state index in [1.165, 1.54) is 32.1 Å². The van der Waals surface area contributed by atoms with E-state index >= 15 is 0 Å². The van der Waals surface area contributed by atoms with Crippen LogP contribution in [0.5, 0.6) is 0 Å². The van der Waals surface area contributed by atoms with E-state index in [0.717, 1.165) is 9.99 Å². The van der Waals surface area contributed by atoms with E-state index in [1.807, 2.05) is 12.1 Å². The van der Waals surface area contributed by atoms with Gasteiger partial charge in [0.15, 0.2) is 5.11 Å². The summed E-state index contributed by atoms with van der Waals surface area (Å²) in [6.07, 6.45) is 7.69. The third kappa shape index (κ3) is 6.35. The zero-order chi connectivity index (χ0) is 17.4. The Balaban J connectivity index is 1.68. The Hall–Kier alpha value is -1.22. The predicted molar refractivity (Wildman–Crippen MR) is 106 cm³/mol. The maximum Gasteiger partial charge on any atom is 0.270 e. The summed E-state index contributed by atoms with van der Waals surface area (Å²) >= 11 is 7.14. The number of carbonyl (C=O) groups excluding carboxylic acids is 2. The van der Waals surface area contributed by atoms with Crippen molar-refractivity contribution in [2.45, 2.75) is 44.9 Å². The fourth-order valence-electron chi connectivity index (χ4n) is 2.86. The molecule has 1 aliphatic rings. The van der Waals surface area contributed by atoms with Crippen LogP contribution in [-0.4, -0.2) is 16.9 Å². The molecule has 1 saturated carbocycles. The zero-order valence-corrected chi connectivity index (χ0v) is 16.4. The summed E-state index contributed by atoms with van der Waals surface area (Å²) in [5, 5.41) is 2.72. The Bertz CT molecular complexity index is 603. The molecule has 0 aromatic heterocycles. The van der Waals surface area contributed by atoms with Gasteiger partial charge in [-0.15, -0.1) is 0 Å². The molecule has 24 heavy (non-hydrogen) atoms. The molecule has 2 amide bonds. The van der Waals surface area contributed by atoms with Gasteiger partial charge in [-0.1, -0.05) is 44.2 Å². The highest BCUT2D eigenvalue weighted by Gasteiger charge is 2.15. The molecule has 2 rings (SSSR count). The average Bonchev–Trinajstić information content (AvgIpc) is 2.59. The molecule has 1 aromatic carbocycles. The van der Waals surface area contributed by atoms with Crippen molar-refractivity contribution in [3.63, 3.8) is 0 Å². The number of hydrogen-bond donors (Lipinski definition) is 3. The Labute approximate surface area is 161 Å². The number of thiocarbonyl (C=S) groups is 1. The number of rotatable bonds is 4. The minimum atomic E-state index is -0.293. The summed E-state index contributed by atoms with van der Waals surface area (Å²) in [5.74, 6) is 0.256. The number of nitrogens with one attached hydrogen (secondary N) is 3. The summed E-state index contributed by atoms with van der Waals surface area (Å²) in [4.78, 5) is 23.9. The molecule has 1 aliphatic carbocycles. The second-order valence-corrected chi connectivity index (χ2v) is 7.55. The standard InChI is InChI=1S/C17H22IN3O2S/c18-14-9-5-4-8-13(14)16(23)20-21-17(24)19-15(22)11-10-12-6-2-1-3-7-12/h4-5,8-9,12H,1-3,6-7,10-11H2,(H,20,23)(H2,19,21,22,24). The van der Waals surface area contributed by atoms with Crippen molar-refractivity contribution < 1.29 is 9.59 Å². The third-order valence-electron chi connectivity index (χ3n) is 4.17. The molecule has 0 bridgehead atoms. The van der Waals surface area contributed by atoms with Crippen molar-refractivity contribution in [1.29, 1.82) is 0 Å². The fourth-order valence-corrected chi connectivity index (χ4v) is 3.65. The molecular formula is C17H22IN3O2S. The van der Waals surface area contributed by atoms with Crippen molar-refractivity contribution in [2.24, 2.45) is 5.92 Å². The molecule has 0 saturated heterocycles. The van der Waals surface area contributed by atoms with Crippen molar-refractivity contribution in [2.75, 3.05) is 0 Å². The minimum absolute atomic E-state index is 0.110. The Kier molecular flexibility index (Phi) is 7.90. The SMILES string of the molecule is O=C(CCC1CCCCC1)NC(=S)NNC(=O)c1ccccc1I. The summed E-state index contributed by atoms with van der Waals surface area (Å²) < 4.78 is 0.844. The monoisotopic (exact) mass is 459 g/mol. The van der Waals surface area contributed by atoms with Crippen LogP contribution in [0.3, 0.4) is 0 Å². The molecule has 0 spiro atoms. The Morgan fingerprint density at radius 1 is 1.12 bits per heavy atom. The van der Waals surface area contributed by atoms with E-state index in [1.54, 1.807) is 12.1 Å². The second kappa shape index (κ2) is 9.93. The average molecular weight is 459 g/mol. The second-order valence-electron chi connectivity index (χ2n) is 5.98. The normalized spacial score (nSPS) is 14.7. The third-order valence-corrected chi connectivity index (χ3v) is 5.31. The summed E-state index contributed by atoms with van der Waals surface area (Å²) in [6, 6.07) is 7.23. The quantitative estimate of drug-likeness (QED) is 0.367. The molecule has 5 nitrogen and oxygen atoms in total. The lowest BCUT2D eigenvalue weighted by atomic mass is 9.86. The molecule has 0 unspecified atom stereocenters. The maximum absolute atomic E-state index is 12.0. The van der Waals surface area contributed by atoms with Gasteiger partial charge < -0.3 is 5.32 Å². The highest BCUT2D eigenvalue weighted by molar-refractivity contribution is 14.1. The highest BCUT2D eigenvalue weighted by atomic mass is 127. The highest BCUT2D eigenvalue weighted by Crippen LogP contribution is 2.27. The smallest absolute Gasteiger partial charge is 0.270 e. The Morgan fingerprint density at radius 3 is 2.54 bits per heavy atom. The van der Waals surface area contributed by atoms with Crippen LogP contribution in [-0.2, 0) is 4.79 Å². The molecule has 0 radical (unpaired) electrons. The van der Waals surface area contributed by atoms with Gasteiger partial charge in [0.05, 0.1) is 5.56 Å². The van der Waals surface area contributed by atoms with Crippen LogP contribution in [0.2, 0.25) is 0 Å². The van der Waals surface area contributed by atoms with Crippen molar-refractivity contribution >= 4 is 51.7 Å². The summed E-state index contributed by atoms with van der Waals surface area (Å²) in [5.41, 5.74) is 5.63. The summed E-state index contributed by atoms with van der Waals surface area (Å²) in [7, 11) is 0. The van der Waals surface area contributed by atoms with Crippen molar-refractivity contribution in [3.8, 4) is 0 Å².